The van der Waals surface area contributed by atoms with Crippen molar-refractivity contribution in [3.8, 4) is 0 Å². The molecule has 2 aromatic carbocycles. The first-order valence-electron chi connectivity index (χ1n) is 8.82. The van der Waals surface area contributed by atoms with Crippen LogP contribution in [-0.4, -0.2) is 31.1 Å². The van der Waals surface area contributed by atoms with Crippen LogP contribution in [0.4, 0.5) is 5.69 Å². The van der Waals surface area contributed by atoms with E-state index >= 15 is 0 Å². The van der Waals surface area contributed by atoms with Crippen molar-refractivity contribution < 1.29 is 0 Å². The third-order valence-corrected chi connectivity index (χ3v) is 5.50. The average molecular weight is 306 g/mol. The summed E-state index contributed by atoms with van der Waals surface area (Å²) in [5, 5.41) is 0. The molecule has 2 aliphatic rings. The second kappa shape index (κ2) is 6.01. The first kappa shape index (κ1) is 14.8. The van der Waals surface area contributed by atoms with Crippen LogP contribution in [0.3, 0.4) is 0 Å². The van der Waals surface area contributed by atoms with Crippen LogP contribution < -0.4 is 4.90 Å². The Bertz CT molecular complexity index is 679. The zero-order valence-electron chi connectivity index (χ0n) is 14.2. The van der Waals surface area contributed by atoms with Gasteiger partial charge < -0.3 is 9.80 Å². The Morgan fingerprint density at radius 2 is 1.91 bits per heavy atom. The minimum atomic E-state index is 0.650. The van der Waals surface area contributed by atoms with E-state index < -0.39 is 0 Å². The molecular weight excluding hydrogens is 280 g/mol. The van der Waals surface area contributed by atoms with E-state index in [0.717, 1.165) is 6.54 Å². The van der Waals surface area contributed by atoms with Crippen LogP contribution in [0.5, 0.6) is 0 Å². The molecule has 2 nitrogen and oxygen atoms in total. The van der Waals surface area contributed by atoms with E-state index in [0.29, 0.717) is 12.0 Å². The summed E-state index contributed by atoms with van der Waals surface area (Å²) < 4.78 is 0. The summed E-state index contributed by atoms with van der Waals surface area (Å²) >= 11 is 0. The van der Waals surface area contributed by atoms with Gasteiger partial charge in [-0.15, -0.1) is 0 Å². The lowest BCUT2D eigenvalue weighted by Gasteiger charge is -2.30. The van der Waals surface area contributed by atoms with Crippen LogP contribution in [0, 0.1) is 6.92 Å². The molecule has 2 aromatic rings. The molecule has 2 unspecified atom stereocenters. The number of likely N-dealkylation sites (N-methyl/N-ethyl adjacent to an activating group) is 1. The average Bonchev–Trinajstić information content (AvgIpc) is 2.70. The molecule has 1 fully saturated rings. The van der Waals surface area contributed by atoms with Crippen molar-refractivity contribution in [3.05, 3.63) is 65.2 Å². The molecule has 0 amide bonds. The smallest absolute Gasteiger partial charge is 0.0432 e. The topological polar surface area (TPSA) is 6.48 Å². The second-order valence-electron chi connectivity index (χ2n) is 7.25. The number of hydrogen-bond acceptors (Lipinski definition) is 2. The summed E-state index contributed by atoms with van der Waals surface area (Å²) in [6.07, 6.45) is 2.60. The van der Waals surface area contributed by atoms with Crippen LogP contribution in [-0.2, 0) is 6.54 Å². The van der Waals surface area contributed by atoms with Crippen molar-refractivity contribution in [1.29, 1.82) is 0 Å². The highest BCUT2D eigenvalue weighted by Crippen LogP contribution is 2.45. The van der Waals surface area contributed by atoms with Crippen LogP contribution in [0.15, 0.2) is 48.5 Å². The number of benzene rings is 2. The van der Waals surface area contributed by atoms with E-state index in [1.165, 1.54) is 42.7 Å². The van der Waals surface area contributed by atoms with Crippen molar-refractivity contribution in [2.75, 3.05) is 25.0 Å². The first-order valence-corrected chi connectivity index (χ1v) is 8.82. The van der Waals surface area contributed by atoms with E-state index in [1.807, 2.05) is 0 Å². The molecule has 2 aliphatic heterocycles. The van der Waals surface area contributed by atoms with Gasteiger partial charge in [-0.2, -0.15) is 0 Å². The van der Waals surface area contributed by atoms with Crippen molar-refractivity contribution in [2.24, 2.45) is 0 Å². The Morgan fingerprint density at radius 1 is 1.09 bits per heavy atom. The van der Waals surface area contributed by atoms with Gasteiger partial charge in [0.05, 0.1) is 0 Å². The summed E-state index contributed by atoms with van der Waals surface area (Å²) in [7, 11) is 2.28. The van der Waals surface area contributed by atoms with Gasteiger partial charge in [0.2, 0.25) is 0 Å². The van der Waals surface area contributed by atoms with Gasteiger partial charge in [0.25, 0.3) is 0 Å². The summed E-state index contributed by atoms with van der Waals surface area (Å²) in [6.45, 7) is 5.66. The van der Waals surface area contributed by atoms with Gasteiger partial charge in [-0.1, -0.05) is 48.0 Å². The molecule has 0 spiro atoms. The van der Waals surface area contributed by atoms with Crippen LogP contribution in [0.1, 0.15) is 35.4 Å². The summed E-state index contributed by atoms with van der Waals surface area (Å²) in [4.78, 5) is 5.19. The van der Waals surface area contributed by atoms with Gasteiger partial charge in [0.15, 0.2) is 0 Å². The highest BCUT2D eigenvalue weighted by Gasteiger charge is 2.39. The second-order valence-corrected chi connectivity index (χ2v) is 7.25. The first-order chi connectivity index (χ1) is 11.2. The number of hydrogen-bond donors (Lipinski definition) is 0. The predicted octanol–water partition coefficient (Wildman–Crippen LogP) is 4.19. The van der Waals surface area contributed by atoms with E-state index in [1.54, 1.807) is 5.56 Å². The van der Waals surface area contributed by atoms with Crippen LogP contribution in [0.25, 0.3) is 0 Å². The van der Waals surface area contributed by atoms with Crippen molar-refractivity contribution in [1.82, 2.24) is 4.90 Å². The minimum absolute atomic E-state index is 0.650. The molecule has 120 valence electrons. The molecule has 2 heterocycles. The maximum atomic E-state index is 2.67. The third kappa shape index (κ3) is 2.76. The van der Waals surface area contributed by atoms with Gasteiger partial charge in [0, 0.05) is 30.7 Å². The normalized spacial score (nSPS) is 24.2. The van der Waals surface area contributed by atoms with E-state index in [2.05, 4.69) is 72.3 Å². The maximum Gasteiger partial charge on any atom is 0.0432 e. The molecule has 23 heavy (non-hydrogen) atoms. The predicted molar refractivity (Wildman–Crippen MR) is 97.1 cm³/mol. The molecular formula is C21H26N2. The fourth-order valence-electron chi connectivity index (χ4n) is 4.39. The lowest BCUT2D eigenvalue weighted by molar-refractivity contribution is 0.330. The largest absolute Gasteiger partial charge is 0.363 e. The fourth-order valence-corrected chi connectivity index (χ4v) is 4.39. The van der Waals surface area contributed by atoms with E-state index in [9.17, 15) is 0 Å². The van der Waals surface area contributed by atoms with Crippen LogP contribution >= 0.6 is 0 Å². The Morgan fingerprint density at radius 3 is 2.74 bits per heavy atom. The standard InChI is InChI=1S/C21H26N2/c1-16-10-11-21-18(13-16)19-15-22(2)12-6-9-20(19)23(21)14-17-7-4-3-5-8-17/h3-5,7-8,10-11,13,19-20H,6,9,12,14-15H2,1-2H3. The number of aryl methyl sites for hydroxylation is 1. The van der Waals surface area contributed by atoms with Gasteiger partial charge >= 0.3 is 0 Å². The summed E-state index contributed by atoms with van der Waals surface area (Å²) in [6, 6.07) is 18.6. The quantitative estimate of drug-likeness (QED) is 0.821. The zero-order chi connectivity index (χ0) is 15.8. The van der Waals surface area contributed by atoms with Gasteiger partial charge in [-0.25, -0.2) is 0 Å². The number of rotatable bonds is 2. The monoisotopic (exact) mass is 306 g/mol. The van der Waals surface area contributed by atoms with Crippen molar-refractivity contribution >= 4 is 5.69 Å². The molecule has 0 saturated carbocycles. The van der Waals surface area contributed by atoms with Crippen LogP contribution in [0.2, 0.25) is 0 Å². The SMILES string of the molecule is Cc1ccc2c(c1)C1CN(C)CCCC1N2Cc1ccccc1. The molecule has 0 bridgehead atoms. The Balaban J connectivity index is 1.73. The molecule has 0 aromatic heterocycles. The third-order valence-electron chi connectivity index (χ3n) is 5.50. The fraction of sp³-hybridized carbons (Fsp3) is 0.429. The number of likely N-dealkylation sites (tertiary alicyclic amines) is 1. The number of anilines is 1. The van der Waals surface area contributed by atoms with Gasteiger partial charge in [-0.05, 0) is 50.6 Å². The lowest BCUT2D eigenvalue weighted by atomic mass is 9.92. The van der Waals surface area contributed by atoms with Gasteiger partial charge in [0.1, 0.15) is 0 Å². The minimum Gasteiger partial charge on any atom is -0.363 e. The van der Waals surface area contributed by atoms with Crippen molar-refractivity contribution in [2.45, 2.75) is 38.3 Å². The molecule has 0 radical (unpaired) electrons. The summed E-state index contributed by atoms with van der Waals surface area (Å²) in [5.74, 6) is 0.654. The lowest BCUT2D eigenvalue weighted by Crippen LogP contribution is -2.35. The van der Waals surface area contributed by atoms with E-state index in [4.69, 9.17) is 0 Å². The highest BCUT2D eigenvalue weighted by molar-refractivity contribution is 5.63. The summed E-state index contributed by atoms with van der Waals surface area (Å²) in [5.41, 5.74) is 5.83. The Hall–Kier alpha value is -1.80. The Labute approximate surface area is 139 Å². The molecule has 4 rings (SSSR count). The maximum absolute atomic E-state index is 2.67. The zero-order valence-corrected chi connectivity index (χ0v) is 14.2. The molecule has 2 heteroatoms. The van der Waals surface area contributed by atoms with E-state index in [-0.39, 0.29) is 0 Å². The van der Waals surface area contributed by atoms with Crippen molar-refractivity contribution in [3.63, 3.8) is 0 Å². The molecule has 2 atom stereocenters. The molecule has 0 aliphatic carbocycles. The molecule has 0 N–H and O–H groups in total. The highest BCUT2D eigenvalue weighted by atomic mass is 15.2. The number of nitrogens with zero attached hydrogens (tertiary/aromatic N) is 2. The molecule has 1 saturated heterocycles. The van der Waals surface area contributed by atoms with Gasteiger partial charge in [-0.3, -0.25) is 0 Å². The number of fused-ring (bicyclic) bond motifs is 3. The Kier molecular flexibility index (Phi) is 3.86.